The van der Waals surface area contributed by atoms with E-state index in [2.05, 4.69) is 19.2 Å². The van der Waals surface area contributed by atoms with Crippen molar-refractivity contribution in [3.63, 3.8) is 0 Å². The molecule has 0 aliphatic rings. The Bertz CT molecular complexity index is 405. The molecule has 1 rings (SSSR count). The molecular formula is C14H20FNO2. The lowest BCUT2D eigenvalue weighted by molar-refractivity contribution is 0.0697. The smallest absolute Gasteiger partial charge is 0.337 e. The third kappa shape index (κ3) is 4.73. The van der Waals surface area contributed by atoms with Gasteiger partial charge in [-0.2, -0.15) is 0 Å². The minimum absolute atomic E-state index is 0.0149. The molecule has 3 nitrogen and oxygen atoms in total. The van der Waals surface area contributed by atoms with E-state index in [0.29, 0.717) is 18.2 Å². The highest BCUT2D eigenvalue weighted by Crippen LogP contribution is 2.17. The summed E-state index contributed by atoms with van der Waals surface area (Å²) in [5.74, 6) is -0.956. The van der Waals surface area contributed by atoms with Crippen LogP contribution in [-0.2, 0) is 0 Å². The van der Waals surface area contributed by atoms with Crippen LogP contribution in [0.3, 0.4) is 0 Å². The number of aromatic carboxylic acids is 1. The van der Waals surface area contributed by atoms with Crippen molar-refractivity contribution >= 4 is 11.7 Å². The summed E-state index contributed by atoms with van der Waals surface area (Å²) in [6, 6.07) is 3.78. The number of anilines is 1. The van der Waals surface area contributed by atoms with E-state index in [4.69, 9.17) is 5.11 Å². The summed E-state index contributed by atoms with van der Waals surface area (Å²) < 4.78 is 12.9. The second-order valence-corrected chi connectivity index (χ2v) is 4.81. The molecule has 0 aliphatic carbocycles. The molecule has 1 aromatic rings. The van der Waals surface area contributed by atoms with Crippen LogP contribution in [0.1, 0.15) is 43.5 Å². The fourth-order valence-corrected chi connectivity index (χ4v) is 1.75. The van der Waals surface area contributed by atoms with Gasteiger partial charge in [0.25, 0.3) is 0 Å². The van der Waals surface area contributed by atoms with Gasteiger partial charge < -0.3 is 10.4 Å². The molecule has 18 heavy (non-hydrogen) atoms. The molecular weight excluding hydrogens is 233 g/mol. The van der Waals surface area contributed by atoms with E-state index in [1.54, 1.807) is 0 Å². The quantitative estimate of drug-likeness (QED) is 0.727. The Labute approximate surface area is 107 Å². The summed E-state index contributed by atoms with van der Waals surface area (Å²) in [6.07, 6.45) is 3.25. The molecule has 0 saturated carbocycles. The third-order valence-corrected chi connectivity index (χ3v) is 2.74. The molecule has 0 atom stereocenters. The first kappa shape index (κ1) is 14.5. The predicted molar refractivity (Wildman–Crippen MR) is 70.5 cm³/mol. The van der Waals surface area contributed by atoms with Crippen LogP contribution in [0.15, 0.2) is 18.2 Å². The van der Waals surface area contributed by atoms with Gasteiger partial charge in [0.15, 0.2) is 0 Å². The number of hydrogen-bond donors (Lipinski definition) is 2. The Kier molecular flexibility index (Phi) is 5.62. The molecule has 0 spiro atoms. The van der Waals surface area contributed by atoms with E-state index in [0.717, 1.165) is 25.3 Å². The Morgan fingerprint density at radius 1 is 1.39 bits per heavy atom. The number of benzene rings is 1. The molecule has 0 unspecified atom stereocenters. The normalized spacial score (nSPS) is 10.7. The van der Waals surface area contributed by atoms with Crippen molar-refractivity contribution in [3.05, 3.63) is 29.6 Å². The first-order valence-electron chi connectivity index (χ1n) is 6.27. The number of rotatable bonds is 7. The van der Waals surface area contributed by atoms with Gasteiger partial charge >= 0.3 is 5.97 Å². The highest BCUT2D eigenvalue weighted by molar-refractivity contribution is 5.94. The van der Waals surface area contributed by atoms with Crippen molar-refractivity contribution in [2.24, 2.45) is 5.92 Å². The van der Waals surface area contributed by atoms with Crippen molar-refractivity contribution < 1.29 is 14.3 Å². The van der Waals surface area contributed by atoms with Crippen LogP contribution in [0.4, 0.5) is 10.1 Å². The zero-order chi connectivity index (χ0) is 13.5. The Balaban J connectivity index is 2.49. The molecule has 0 aliphatic heterocycles. The molecule has 0 radical (unpaired) electrons. The monoisotopic (exact) mass is 253 g/mol. The van der Waals surface area contributed by atoms with Crippen LogP contribution >= 0.6 is 0 Å². The van der Waals surface area contributed by atoms with Gasteiger partial charge in [-0.05, 0) is 30.5 Å². The Hall–Kier alpha value is -1.58. The van der Waals surface area contributed by atoms with E-state index in [1.165, 1.54) is 12.1 Å². The van der Waals surface area contributed by atoms with Crippen LogP contribution in [0, 0.1) is 11.7 Å². The number of carbonyl (C=O) groups is 1. The number of unbranched alkanes of at least 4 members (excludes halogenated alkanes) is 1. The minimum Gasteiger partial charge on any atom is -0.478 e. The summed E-state index contributed by atoms with van der Waals surface area (Å²) in [4.78, 5) is 10.9. The predicted octanol–water partition coefficient (Wildman–Crippen LogP) is 3.76. The molecule has 0 amide bonds. The fourth-order valence-electron chi connectivity index (χ4n) is 1.75. The van der Waals surface area contributed by atoms with Gasteiger partial charge in [0.1, 0.15) is 5.82 Å². The second kappa shape index (κ2) is 6.99. The topological polar surface area (TPSA) is 49.3 Å². The number of nitrogens with one attached hydrogen (secondary N) is 1. The highest BCUT2D eigenvalue weighted by atomic mass is 19.1. The van der Waals surface area contributed by atoms with Crippen molar-refractivity contribution in [1.29, 1.82) is 0 Å². The Morgan fingerprint density at radius 2 is 2.11 bits per heavy atom. The van der Waals surface area contributed by atoms with Crippen LogP contribution in [0.25, 0.3) is 0 Å². The maximum atomic E-state index is 12.9. The van der Waals surface area contributed by atoms with Crippen molar-refractivity contribution in [1.82, 2.24) is 0 Å². The van der Waals surface area contributed by atoms with Crippen LogP contribution in [-0.4, -0.2) is 17.6 Å². The second-order valence-electron chi connectivity index (χ2n) is 4.81. The van der Waals surface area contributed by atoms with E-state index in [-0.39, 0.29) is 5.56 Å². The lowest BCUT2D eigenvalue weighted by atomic mass is 10.1. The third-order valence-electron chi connectivity index (χ3n) is 2.74. The standard InChI is InChI=1S/C14H20FNO2/c1-10(2)5-3-4-8-16-13-7-6-11(15)9-12(13)14(17)18/h6-7,9-10,16H,3-5,8H2,1-2H3,(H,17,18). The average molecular weight is 253 g/mol. The van der Waals surface area contributed by atoms with Crippen LogP contribution in [0.5, 0.6) is 0 Å². The molecule has 1 aromatic carbocycles. The van der Waals surface area contributed by atoms with Crippen molar-refractivity contribution in [2.75, 3.05) is 11.9 Å². The molecule has 0 heterocycles. The molecule has 0 bridgehead atoms. The first-order chi connectivity index (χ1) is 8.50. The maximum absolute atomic E-state index is 12.9. The van der Waals surface area contributed by atoms with Crippen molar-refractivity contribution in [2.45, 2.75) is 33.1 Å². The summed E-state index contributed by atoms with van der Waals surface area (Å²) in [5, 5.41) is 12.0. The van der Waals surface area contributed by atoms with E-state index < -0.39 is 11.8 Å². The van der Waals surface area contributed by atoms with Gasteiger partial charge in [-0.25, -0.2) is 9.18 Å². The SMILES string of the molecule is CC(C)CCCCNc1ccc(F)cc1C(=O)O. The zero-order valence-electron chi connectivity index (χ0n) is 10.9. The number of carboxylic acid groups (broad SMARTS) is 1. The summed E-state index contributed by atoms with van der Waals surface area (Å²) in [6.45, 7) is 5.06. The summed E-state index contributed by atoms with van der Waals surface area (Å²) in [5.41, 5.74) is 0.465. The van der Waals surface area contributed by atoms with E-state index in [1.807, 2.05) is 0 Å². The van der Waals surface area contributed by atoms with E-state index in [9.17, 15) is 9.18 Å². The molecule has 2 N–H and O–H groups in total. The average Bonchev–Trinajstić information content (AvgIpc) is 2.29. The molecule has 100 valence electrons. The number of carboxylic acids is 1. The minimum atomic E-state index is -1.11. The summed E-state index contributed by atoms with van der Waals surface area (Å²) in [7, 11) is 0. The van der Waals surface area contributed by atoms with Gasteiger partial charge in [-0.15, -0.1) is 0 Å². The van der Waals surface area contributed by atoms with Gasteiger partial charge in [-0.1, -0.05) is 26.7 Å². The maximum Gasteiger partial charge on any atom is 0.337 e. The van der Waals surface area contributed by atoms with Crippen LogP contribution in [0.2, 0.25) is 0 Å². The van der Waals surface area contributed by atoms with Gasteiger partial charge in [0, 0.05) is 12.2 Å². The number of halogens is 1. The lowest BCUT2D eigenvalue weighted by Crippen LogP contribution is -2.08. The largest absolute Gasteiger partial charge is 0.478 e. The Morgan fingerprint density at radius 3 is 2.72 bits per heavy atom. The fraction of sp³-hybridized carbons (Fsp3) is 0.500. The lowest BCUT2D eigenvalue weighted by Gasteiger charge is -2.10. The van der Waals surface area contributed by atoms with E-state index >= 15 is 0 Å². The molecule has 0 fully saturated rings. The van der Waals surface area contributed by atoms with Gasteiger partial charge in [-0.3, -0.25) is 0 Å². The van der Waals surface area contributed by atoms with Crippen molar-refractivity contribution in [3.8, 4) is 0 Å². The molecule has 0 saturated heterocycles. The summed E-state index contributed by atoms with van der Waals surface area (Å²) >= 11 is 0. The van der Waals surface area contributed by atoms with Crippen LogP contribution < -0.4 is 5.32 Å². The molecule has 4 heteroatoms. The van der Waals surface area contributed by atoms with Gasteiger partial charge in [0.2, 0.25) is 0 Å². The van der Waals surface area contributed by atoms with Gasteiger partial charge in [0.05, 0.1) is 5.56 Å². The zero-order valence-corrected chi connectivity index (χ0v) is 10.9. The highest BCUT2D eigenvalue weighted by Gasteiger charge is 2.10. The number of hydrogen-bond acceptors (Lipinski definition) is 2. The first-order valence-corrected chi connectivity index (χ1v) is 6.27. The molecule has 0 aromatic heterocycles.